The average molecular weight is 337 g/mol. The van der Waals surface area contributed by atoms with Crippen LogP contribution >= 0.6 is 27.3 Å². The van der Waals surface area contributed by atoms with Gasteiger partial charge in [-0.25, -0.2) is 4.39 Å². The third-order valence-corrected chi connectivity index (χ3v) is 4.90. The van der Waals surface area contributed by atoms with Crippen LogP contribution in [0.5, 0.6) is 0 Å². The second-order valence-corrected chi connectivity index (χ2v) is 5.94. The van der Waals surface area contributed by atoms with Gasteiger partial charge < -0.3 is 5.11 Å². The highest BCUT2D eigenvalue weighted by molar-refractivity contribution is 9.10. The van der Waals surface area contributed by atoms with E-state index in [0.29, 0.717) is 10.0 Å². The van der Waals surface area contributed by atoms with Crippen LogP contribution in [0.15, 0.2) is 52.3 Å². The highest BCUT2D eigenvalue weighted by Crippen LogP contribution is 2.35. The molecule has 1 nitrogen and oxygen atoms in total. The SMILES string of the molecule is OC(c1cccc(F)c1Br)c1cccc2ccsc12. The Balaban J connectivity index is 2.16. The fourth-order valence-electron chi connectivity index (χ4n) is 2.13. The van der Waals surface area contributed by atoms with Crippen LogP contribution in [0, 0.1) is 5.82 Å². The second-order valence-electron chi connectivity index (χ2n) is 4.23. The van der Waals surface area contributed by atoms with Crippen LogP contribution in [0.4, 0.5) is 4.39 Å². The molecule has 0 amide bonds. The molecule has 96 valence electrons. The quantitative estimate of drug-likeness (QED) is 0.706. The van der Waals surface area contributed by atoms with Gasteiger partial charge in [-0.05, 0) is 38.8 Å². The minimum atomic E-state index is -0.840. The van der Waals surface area contributed by atoms with E-state index >= 15 is 0 Å². The lowest BCUT2D eigenvalue weighted by atomic mass is 10.0. The van der Waals surface area contributed by atoms with Crippen LogP contribution in [0.2, 0.25) is 0 Å². The first-order valence-corrected chi connectivity index (χ1v) is 7.44. The summed E-state index contributed by atoms with van der Waals surface area (Å²) in [5, 5.41) is 13.6. The Kier molecular flexibility index (Phi) is 3.39. The van der Waals surface area contributed by atoms with Crippen LogP contribution in [-0.2, 0) is 0 Å². The number of thiophene rings is 1. The zero-order valence-electron chi connectivity index (χ0n) is 9.81. The van der Waals surface area contributed by atoms with E-state index < -0.39 is 6.10 Å². The normalized spacial score (nSPS) is 12.8. The zero-order valence-corrected chi connectivity index (χ0v) is 12.2. The predicted octanol–water partition coefficient (Wildman–Crippen LogP) is 4.88. The van der Waals surface area contributed by atoms with Gasteiger partial charge in [0.15, 0.2) is 0 Å². The molecule has 2 aromatic carbocycles. The molecule has 1 unspecified atom stereocenters. The molecule has 0 aliphatic carbocycles. The maximum absolute atomic E-state index is 13.6. The topological polar surface area (TPSA) is 20.2 Å². The monoisotopic (exact) mass is 336 g/mol. The van der Waals surface area contributed by atoms with Gasteiger partial charge >= 0.3 is 0 Å². The molecule has 0 radical (unpaired) electrons. The first-order valence-electron chi connectivity index (χ1n) is 5.76. The van der Waals surface area contributed by atoms with Crippen LogP contribution in [0.25, 0.3) is 10.1 Å². The van der Waals surface area contributed by atoms with E-state index in [-0.39, 0.29) is 5.82 Å². The maximum Gasteiger partial charge on any atom is 0.137 e. The van der Waals surface area contributed by atoms with Crippen LogP contribution in [-0.4, -0.2) is 5.11 Å². The van der Waals surface area contributed by atoms with Crippen molar-refractivity contribution in [2.75, 3.05) is 0 Å². The van der Waals surface area contributed by atoms with Crippen molar-refractivity contribution in [2.45, 2.75) is 6.10 Å². The largest absolute Gasteiger partial charge is 0.384 e. The van der Waals surface area contributed by atoms with Gasteiger partial charge in [-0.3, -0.25) is 0 Å². The molecule has 0 spiro atoms. The Morgan fingerprint density at radius 1 is 1.05 bits per heavy atom. The van der Waals surface area contributed by atoms with Gasteiger partial charge in [-0.15, -0.1) is 11.3 Å². The van der Waals surface area contributed by atoms with E-state index in [9.17, 15) is 9.50 Å². The Bertz CT molecular complexity index is 738. The molecule has 0 saturated heterocycles. The van der Waals surface area contributed by atoms with Crippen molar-refractivity contribution in [1.82, 2.24) is 0 Å². The molecular weight excluding hydrogens is 327 g/mol. The number of hydrogen-bond acceptors (Lipinski definition) is 2. The molecule has 3 aromatic rings. The van der Waals surface area contributed by atoms with E-state index in [1.165, 1.54) is 6.07 Å². The molecule has 0 aliphatic rings. The molecule has 1 atom stereocenters. The minimum Gasteiger partial charge on any atom is -0.384 e. The van der Waals surface area contributed by atoms with Crippen molar-refractivity contribution in [3.63, 3.8) is 0 Å². The summed E-state index contributed by atoms with van der Waals surface area (Å²) in [6.45, 7) is 0. The second kappa shape index (κ2) is 5.04. The van der Waals surface area contributed by atoms with Crippen molar-refractivity contribution in [2.24, 2.45) is 0 Å². The molecular formula is C15H10BrFOS. The summed E-state index contributed by atoms with van der Waals surface area (Å²) < 4.78 is 14.9. The number of halogens is 2. The van der Waals surface area contributed by atoms with Crippen LogP contribution in [0.1, 0.15) is 17.2 Å². The molecule has 19 heavy (non-hydrogen) atoms. The van der Waals surface area contributed by atoms with Gasteiger partial charge in [0.1, 0.15) is 11.9 Å². The van der Waals surface area contributed by atoms with Gasteiger partial charge in [0.05, 0.1) is 4.47 Å². The summed E-state index contributed by atoms with van der Waals surface area (Å²) in [5.74, 6) is -0.366. The lowest BCUT2D eigenvalue weighted by Crippen LogP contribution is -2.01. The summed E-state index contributed by atoms with van der Waals surface area (Å²) in [5.41, 5.74) is 1.35. The zero-order chi connectivity index (χ0) is 13.4. The highest BCUT2D eigenvalue weighted by Gasteiger charge is 2.18. The molecule has 1 heterocycles. The first-order chi connectivity index (χ1) is 9.18. The number of hydrogen-bond donors (Lipinski definition) is 1. The molecule has 4 heteroatoms. The summed E-state index contributed by atoms with van der Waals surface area (Å²) in [7, 11) is 0. The number of aliphatic hydroxyl groups is 1. The fraction of sp³-hybridized carbons (Fsp3) is 0.0667. The minimum absolute atomic E-state index is 0.316. The van der Waals surface area contributed by atoms with E-state index in [1.54, 1.807) is 23.5 Å². The number of benzene rings is 2. The lowest BCUT2D eigenvalue weighted by molar-refractivity contribution is 0.220. The van der Waals surface area contributed by atoms with Crippen LogP contribution in [0.3, 0.4) is 0 Å². The maximum atomic E-state index is 13.6. The summed E-state index contributed by atoms with van der Waals surface area (Å²) in [6, 6.07) is 12.5. The van der Waals surface area contributed by atoms with Crippen molar-refractivity contribution in [3.8, 4) is 0 Å². The smallest absolute Gasteiger partial charge is 0.137 e. The molecule has 0 saturated carbocycles. The fourth-order valence-corrected chi connectivity index (χ4v) is 3.55. The third kappa shape index (κ3) is 2.20. The molecule has 0 aliphatic heterocycles. The Morgan fingerprint density at radius 3 is 2.63 bits per heavy atom. The van der Waals surface area contributed by atoms with Gasteiger partial charge in [0.2, 0.25) is 0 Å². The molecule has 1 N–H and O–H groups in total. The van der Waals surface area contributed by atoms with E-state index in [0.717, 1.165) is 15.6 Å². The number of rotatable bonds is 2. The van der Waals surface area contributed by atoms with Crippen molar-refractivity contribution < 1.29 is 9.50 Å². The number of fused-ring (bicyclic) bond motifs is 1. The van der Waals surface area contributed by atoms with Gasteiger partial charge in [-0.2, -0.15) is 0 Å². The number of aliphatic hydroxyl groups excluding tert-OH is 1. The van der Waals surface area contributed by atoms with Crippen LogP contribution < -0.4 is 0 Å². The Morgan fingerprint density at radius 2 is 1.79 bits per heavy atom. The van der Waals surface area contributed by atoms with Crippen molar-refractivity contribution in [3.05, 3.63) is 69.3 Å². The van der Waals surface area contributed by atoms with E-state index in [2.05, 4.69) is 15.9 Å². The summed E-state index contributed by atoms with van der Waals surface area (Å²) >= 11 is 4.78. The highest BCUT2D eigenvalue weighted by atomic mass is 79.9. The predicted molar refractivity (Wildman–Crippen MR) is 80.0 cm³/mol. The Labute approximate surface area is 122 Å². The van der Waals surface area contributed by atoms with Gasteiger partial charge in [0, 0.05) is 15.8 Å². The lowest BCUT2D eigenvalue weighted by Gasteiger charge is -2.14. The van der Waals surface area contributed by atoms with Gasteiger partial charge in [-0.1, -0.05) is 30.3 Å². The Hall–Kier alpha value is -1.23. The third-order valence-electron chi connectivity index (χ3n) is 3.08. The standard InChI is InChI=1S/C15H10BrFOS/c16-13-10(4-2-6-12(13)17)14(18)11-5-1-3-9-7-8-19-15(9)11/h1-8,14,18H. The van der Waals surface area contributed by atoms with Crippen molar-refractivity contribution in [1.29, 1.82) is 0 Å². The van der Waals surface area contributed by atoms with Crippen molar-refractivity contribution >= 4 is 37.4 Å². The summed E-state index contributed by atoms with van der Waals surface area (Å²) in [4.78, 5) is 0. The van der Waals surface area contributed by atoms with Gasteiger partial charge in [0.25, 0.3) is 0 Å². The van der Waals surface area contributed by atoms with E-state index in [4.69, 9.17) is 0 Å². The molecule has 0 fully saturated rings. The first kappa shape index (κ1) is 12.8. The molecule has 0 bridgehead atoms. The summed E-state index contributed by atoms with van der Waals surface area (Å²) in [6.07, 6.45) is -0.840. The van der Waals surface area contributed by atoms with E-state index in [1.807, 2.05) is 29.6 Å². The molecule has 3 rings (SSSR count). The molecule has 1 aromatic heterocycles. The average Bonchev–Trinajstić information content (AvgIpc) is 2.89.